The van der Waals surface area contributed by atoms with Gasteiger partial charge in [-0.1, -0.05) is 291 Å². The van der Waals surface area contributed by atoms with Crippen LogP contribution in [-0.4, -0.2) is 0 Å². The quantitative estimate of drug-likeness (QED) is 0.149. The van der Waals surface area contributed by atoms with E-state index in [0.717, 1.165) is 98.8 Å². The molecule has 0 bridgehead atoms. The van der Waals surface area contributed by atoms with Gasteiger partial charge in [-0.15, -0.1) is 0 Å². The Balaban J connectivity index is 0.750. The summed E-state index contributed by atoms with van der Waals surface area (Å²) in [5.41, 5.74) is 20.0. The van der Waals surface area contributed by atoms with Gasteiger partial charge in [-0.2, -0.15) is 0 Å². The average Bonchev–Trinajstić information content (AvgIpc) is 0.979. The normalized spacial score (nSPS) is 12.0. The molecule has 18 aromatic carbocycles. The lowest BCUT2D eigenvalue weighted by Gasteiger charge is -2.21. The molecule has 2 aromatic heterocycles. The molecule has 0 saturated carbocycles. The average molecular weight is 1190 g/mol. The lowest BCUT2D eigenvalue weighted by Crippen LogP contribution is -1.94. The molecule has 2 heterocycles. The number of furan rings is 2. The summed E-state index contributed by atoms with van der Waals surface area (Å²) in [6.07, 6.45) is 0. The Morgan fingerprint density at radius 2 is 0.574 bits per heavy atom. The first-order chi connectivity index (χ1) is 46.6. The highest BCUT2D eigenvalue weighted by molar-refractivity contribution is 6.29. The van der Waals surface area contributed by atoms with Crippen molar-refractivity contribution in [2.24, 2.45) is 0 Å². The van der Waals surface area contributed by atoms with Crippen LogP contribution in [0, 0.1) is 0 Å². The molecule has 0 N–H and O–H groups in total. The van der Waals surface area contributed by atoms with Crippen LogP contribution in [0.15, 0.2) is 336 Å². The third kappa shape index (κ3) is 7.84. The first-order valence-corrected chi connectivity index (χ1v) is 32.5. The summed E-state index contributed by atoms with van der Waals surface area (Å²) in [7, 11) is 0. The Kier molecular flexibility index (Phi) is 11.5. The number of benzene rings is 18. The molecule has 20 rings (SSSR count). The van der Waals surface area contributed by atoms with E-state index in [2.05, 4.69) is 328 Å². The number of fused-ring (bicyclic) bond motifs is 16. The third-order valence-corrected chi connectivity index (χ3v) is 20.2. The van der Waals surface area contributed by atoms with Gasteiger partial charge in [0.05, 0.1) is 0 Å². The molecule has 2 heteroatoms. The van der Waals surface area contributed by atoms with Crippen molar-refractivity contribution in [1.29, 1.82) is 0 Å². The van der Waals surface area contributed by atoms with E-state index < -0.39 is 0 Å². The molecule has 2 nitrogen and oxygen atoms in total. The minimum atomic E-state index is 0.874. The fourth-order valence-electron chi connectivity index (χ4n) is 16.1. The van der Waals surface area contributed by atoms with E-state index in [9.17, 15) is 0 Å². The standard InChI is InChI=1S/C92H54O2/c1-2-22-59(23-3-1)83-66-47-45-63(54-62(66)46-48-79(83)87-76-33-16-14-31-74(76)86(75-32-15-17-34-77(75)87)78-35-18-36-82-88(78)80-49-43-56-20-6-8-25-67(56)90(80)93-82)69-52-51-65(89-81-50-44-57-21-7-9-26-68(57)91(81)94-92(69)89)58-38-40-60(41-39-58)84-70-27-10-12-29-72(70)85(73-30-13-11-28-71(73)84)64-42-37-55-19-4-5-24-61(55)53-64/h1-54H. The largest absolute Gasteiger partial charge is 0.455 e. The summed E-state index contributed by atoms with van der Waals surface area (Å²) >= 11 is 0. The van der Waals surface area contributed by atoms with Crippen molar-refractivity contribution in [3.05, 3.63) is 328 Å². The van der Waals surface area contributed by atoms with Crippen molar-refractivity contribution in [1.82, 2.24) is 0 Å². The molecule has 20 aromatic rings. The molecule has 0 aliphatic rings. The number of hydrogen-bond acceptors (Lipinski definition) is 2. The molecule has 0 spiro atoms. The molecule has 0 fully saturated rings. The van der Waals surface area contributed by atoms with E-state index in [1.165, 1.54) is 109 Å². The highest BCUT2D eigenvalue weighted by Gasteiger charge is 2.26. The van der Waals surface area contributed by atoms with Crippen LogP contribution in [0.2, 0.25) is 0 Å². The predicted molar refractivity (Wildman–Crippen MR) is 399 cm³/mol. The molecule has 0 radical (unpaired) electrons. The molecule has 0 atom stereocenters. The fraction of sp³-hybridized carbons (Fsp3) is 0. The number of rotatable bonds is 7. The van der Waals surface area contributed by atoms with E-state index in [0.29, 0.717) is 0 Å². The summed E-state index contributed by atoms with van der Waals surface area (Å²) in [6, 6.07) is 121. The van der Waals surface area contributed by atoms with E-state index in [4.69, 9.17) is 8.83 Å². The van der Waals surface area contributed by atoms with Crippen molar-refractivity contribution >= 4 is 130 Å². The molecule has 0 unspecified atom stereocenters. The second-order valence-corrected chi connectivity index (χ2v) is 25.2. The zero-order valence-electron chi connectivity index (χ0n) is 51.0. The first-order valence-electron chi connectivity index (χ1n) is 32.5. The molecule has 94 heavy (non-hydrogen) atoms. The minimum absolute atomic E-state index is 0.874. The van der Waals surface area contributed by atoms with Crippen LogP contribution in [0.25, 0.3) is 208 Å². The maximum Gasteiger partial charge on any atom is 0.143 e. The second-order valence-electron chi connectivity index (χ2n) is 25.2. The van der Waals surface area contributed by atoms with Crippen LogP contribution in [0.5, 0.6) is 0 Å². The van der Waals surface area contributed by atoms with Crippen molar-refractivity contribution in [2.45, 2.75) is 0 Å². The van der Waals surface area contributed by atoms with Crippen LogP contribution in [-0.2, 0) is 0 Å². The van der Waals surface area contributed by atoms with Gasteiger partial charge in [-0.05, 0) is 184 Å². The lowest BCUT2D eigenvalue weighted by atomic mass is 9.81. The van der Waals surface area contributed by atoms with Crippen molar-refractivity contribution < 1.29 is 8.83 Å². The Morgan fingerprint density at radius 1 is 0.160 bits per heavy atom. The Hall–Kier alpha value is -12.4. The van der Waals surface area contributed by atoms with Gasteiger partial charge in [-0.3, -0.25) is 0 Å². The van der Waals surface area contributed by atoms with Crippen LogP contribution in [0.3, 0.4) is 0 Å². The third-order valence-electron chi connectivity index (χ3n) is 20.2. The molecule has 0 aliphatic carbocycles. The Labute approximate surface area is 541 Å². The maximum atomic E-state index is 7.33. The molecule has 0 saturated heterocycles. The van der Waals surface area contributed by atoms with Gasteiger partial charge in [0.2, 0.25) is 0 Å². The topological polar surface area (TPSA) is 26.3 Å². The summed E-state index contributed by atoms with van der Waals surface area (Å²) < 4.78 is 14.1. The monoisotopic (exact) mass is 1190 g/mol. The Bertz CT molecular complexity index is 6470. The maximum absolute atomic E-state index is 7.33. The SMILES string of the molecule is c1ccc(-c2c(-c3c4ccccc4c(-c4cccc5oc6c7ccccc7ccc6c45)c4ccccc34)ccc3cc(-c4ccc(-c5ccc(-c6c7ccccc7c(-c7ccc8ccccc8c7)c7ccccc67)cc5)c5c4oc4c6ccccc6ccc45)ccc23)cc1. The summed E-state index contributed by atoms with van der Waals surface area (Å²) in [5, 5.41) is 23.5. The zero-order chi connectivity index (χ0) is 61.5. The van der Waals surface area contributed by atoms with Crippen molar-refractivity contribution in [3.8, 4) is 77.9 Å². The van der Waals surface area contributed by atoms with Gasteiger partial charge in [-0.25, -0.2) is 0 Å². The summed E-state index contributed by atoms with van der Waals surface area (Å²) in [5.74, 6) is 0. The van der Waals surface area contributed by atoms with Crippen LogP contribution in [0.1, 0.15) is 0 Å². The van der Waals surface area contributed by atoms with Gasteiger partial charge < -0.3 is 8.83 Å². The van der Waals surface area contributed by atoms with Crippen LogP contribution >= 0.6 is 0 Å². The van der Waals surface area contributed by atoms with E-state index in [1.807, 2.05) is 0 Å². The second kappa shape index (κ2) is 20.6. The summed E-state index contributed by atoms with van der Waals surface area (Å²) in [6.45, 7) is 0. The molecular formula is C92H54O2. The fourth-order valence-corrected chi connectivity index (χ4v) is 16.1. The van der Waals surface area contributed by atoms with Crippen LogP contribution < -0.4 is 0 Å². The predicted octanol–water partition coefficient (Wildman–Crippen LogP) is 26.4. The van der Waals surface area contributed by atoms with Crippen molar-refractivity contribution in [3.63, 3.8) is 0 Å². The highest BCUT2D eigenvalue weighted by Crippen LogP contribution is 2.52. The van der Waals surface area contributed by atoms with Crippen LogP contribution in [0.4, 0.5) is 0 Å². The summed E-state index contributed by atoms with van der Waals surface area (Å²) in [4.78, 5) is 0. The van der Waals surface area contributed by atoms with Gasteiger partial charge in [0.1, 0.15) is 22.3 Å². The van der Waals surface area contributed by atoms with Gasteiger partial charge >= 0.3 is 0 Å². The Morgan fingerprint density at radius 3 is 1.20 bits per heavy atom. The minimum Gasteiger partial charge on any atom is -0.455 e. The van der Waals surface area contributed by atoms with Gasteiger partial charge in [0.15, 0.2) is 0 Å². The lowest BCUT2D eigenvalue weighted by molar-refractivity contribution is 0.672. The number of hydrogen-bond donors (Lipinski definition) is 0. The molecule has 0 aliphatic heterocycles. The molecule has 0 amide bonds. The van der Waals surface area contributed by atoms with E-state index in [1.54, 1.807) is 0 Å². The smallest absolute Gasteiger partial charge is 0.143 e. The molecular weight excluding hydrogens is 1140 g/mol. The van der Waals surface area contributed by atoms with E-state index in [-0.39, 0.29) is 0 Å². The molecule has 434 valence electrons. The zero-order valence-corrected chi connectivity index (χ0v) is 51.0. The van der Waals surface area contributed by atoms with E-state index >= 15 is 0 Å². The van der Waals surface area contributed by atoms with Gasteiger partial charge in [0.25, 0.3) is 0 Å². The highest BCUT2D eigenvalue weighted by atomic mass is 16.3. The van der Waals surface area contributed by atoms with Gasteiger partial charge in [0, 0.05) is 37.9 Å². The first kappa shape index (κ1) is 52.4. The van der Waals surface area contributed by atoms with Crippen molar-refractivity contribution in [2.75, 3.05) is 0 Å².